The first-order valence-electron chi connectivity index (χ1n) is 6.48. The molecule has 0 atom stereocenters. The third-order valence-electron chi connectivity index (χ3n) is 3.09. The van der Waals surface area contributed by atoms with Crippen LogP contribution in [-0.2, 0) is 18.3 Å². The molecule has 0 spiro atoms. The number of nitrogens with zero attached hydrogens (tertiary/aromatic N) is 2. The zero-order valence-electron chi connectivity index (χ0n) is 11.1. The van der Waals surface area contributed by atoms with E-state index in [0.29, 0.717) is 19.4 Å². The van der Waals surface area contributed by atoms with Gasteiger partial charge >= 0.3 is 0 Å². The van der Waals surface area contributed by atoms with Gasteiger partial charge in [-0.2, -0.15) is 0 Å². The van der Waals surface area contributed by atoms with Crippen LogP contribution < -0.4 is 5.32 Å². The number of benzene rings is 1. The topological polar surface area (TPSA) is 67.2 Å². The number of carbonyl (C=O) groups is 1. The van der Waals surface area contributed by atoms with Gasteiger partial charge in [0, 0.05) is 26.6 Å². The molecule has 2 rings (SSSR count). The van der Waals surface area contributed by atoms with Gasteiger partial charge in [0.15, 0.2) is 0 Å². The zero-order chi connectivity index (χ0) is 13.7. The lowest BCUT2D eigenvalue weighted by molar-refractivity contribution is -0.121. The number of aliphatic hydroxyl groups excluding tert-OH is 1. The molecule has 0 radical (unpaired) electrons. The summed E-state index contributed by atoms with van der Waals surface area (Å²) >= 11 is 0. The molecule has 1 aromatic carbocycles. The summed E-state index contributed by atoms with van der Waals surface area (Å²) in [5, 5.41) is 11.5. The molecular weight excluding hydrogens is 242 g/mol. The fourth-order valence-corrected chi connectivity index (χ4v) is 2.01. The molecule has 2 N–H and O–H groups in total. The Bertz CT molecular complexity index is 563. The average Bonchev–Trinajstić information content (AvgIpc) is 2.78. The summed E-state index contributed by atoms with van der Waals surface area (Å²) in [6.45, 7) is 0.673. The highest BCUT2D eigenvalue weighted by Gasteiger charge is 2.03. The SMILES string of the molecule is Cn1cnc2cc(CCNC(=O)CCCO)ccc21. The summed E-state index contributed by atoms with van der Waals surface area (Å²) in [6, 6.07) is 6.16. The number of amides is 1. The summed E-state index contributed by atoms with van der Waals surface area (Å²) in [7, 11) is 1.97. The van der Waals surface area contributed by atoms with Crippen molar-refractivity contribution in [2.24, 2.45) is 7.05 Å². The number of imidazole rings is 1. The molecule has 2 aromatic rings. The molecule has 0 fully saturated rings. The number of aryl methyl sites for hydroxylation is 1. The Kier molecular flexibility index (Phi) is 4.52. The highest BCUT2D eigenvalue weighted by molar-refractivity contribution is 5.76. The molecular formula is C14H19N3O2. The third kappa shape index (κ3) is 3.54. The van der Waals surface area contributed by atoms with Crippen molar-refractivity contribution in [2.45, 2.75) is 19.3 Å². The van der Waals surface area contributed by atoms with E-state index in [-0.39, 0.29) is 12.5 Å². The van der Waals surface area contributed by atoms with Crippen LogP contribution >= 0.6 is 0 Å². The number of fused-ring (bicyclic) bond motifs is 1. The predicted octanol–water partition coefficient (Wildman–Crippen LogP) is 1.00. The molecule has 19 heavy (non-hydrogen) atoms. The van der Waals surface area contributed by atoms with E-state index in [4.69, 9.17) is 5.11 Å². The summed E-state index contributed by atoms with van der Waals surface area (Å²) < 4.78 is 1.98. The van der Waals surface area contributed by atoms with E-state index in [9.17, 15) is 4.79 Å². The summed E-state index contributed by atoms with van der Waals surface area (Å²) in [5.41, 5.74) is 3.25. The Labute approximate surface area is 112 Å². The Morgan fingerprint density at radius 3 is 3.11 bits per heavy atom. The van der Waals surface area contributed by atoms with Crippen LogP contribution in [0.25, 0.3) is 11.0 Å². The molecule has 1 aromatic heterocycles. The minimum Gasteiger partial charge on any atom is -0.396 e. The van der Waals surface area contributed by atoms with Gasteiger partial charge < -0.3 is 15.0 Å². The van der Waals surface area contributed by atoms with Crippen molar-refractivity contribution in [1.82, 2.24) is 14.9 Å². The van der Waals surface area contributed by atoms with Crippen molar-refractivity contribution in [3.63, 3.8) is 0 Å². The van der Waals surface area contributed by atoms with Crippen molar-refractivity contribution < 1.29 is 9.90 Å². The highest BCUT2D eigenvalue weighted by Crippen LogP contribution is 2.13. The number of rotatable bonds is 6. The van der Waals surface area contributed by atoms with Gasteiger partial charge in [0.2, 0.25) is 5.91 Å². The first-order chi connectivity index (χ1) is 9.20. The van der Waals surface area contributed by atoms with E-state index >= 15 is 0 Å². The monoisotopic (exact) mass is 261 g/mol. The average molecular weight is 261 g/mol. The van der Waals surface area contributed by atoms with Gasteiger partial charge in [-0.3, -0.25) is 4.79 Å². The van der Waals surface area contributed by atoms with Crippen LogP contribution in [0.4, 0.5) is 0 Å². The van der Waals surface area contributed by atoms with Crippen LogP contribution in [0.15, 0.2) is 24.5 Å². The Morgan fingerprint density at radius 2 is 2.32 bits per heavy atom. The first kappa shape index (κ1) is 13.5. The smallest absolute Gasteiger partial charge is 0.220 e. The lowest BCUT2D eigenvalue weighted by Gasteiger charge is -2.05. The fourth-order valence-electron chi connectivity index (χ4n) is 2.01. The van der Waals surface area contributed by atoms with E-state index in [1.807, 2.05) is 17.7 Å². The Morgan fingerprint density at radius 1 is 1.47 bits per heavy atom. The number of hydrogen-bond acceptors (Lipinski definition) is 3. The lowest BCUT2D eigenvalue weighted by atomic mass is 10.1. The molecule has 0 saturated heterocycles. The second kappa shape index (κ2) is 6.33. The molecule has 5 heteroatoms. The van der Waals surface area contributed by atoms with E-state index in [2.05, 4.69) is 22.4 Å². The molecule has 0 saturated carbocycles. The van der Waals surface area contributed by atoms with Gasteiger partial charge in [0.1, 0.15) is 0 Å². The Balaban J connectivity index is 1.86. The van der Waals surface area contributed by atoms with E-state index in [0.717, 1.165) is 23.0 Å². The quantitative estimate of drug-likeness (QED) is 0.815. The zero-order valence-corrected chi connectivity index (χ0v) is 11.1. The molecule has 0 bridgehead atoms. The van der Waals surface area contributed by atoms with Gasteiger partial charge in [-0.15, -0.1) is 0 Å². The molecule has 0 aliphatic carbocycles. The lowest BCUT2D eigenvalue weighted by Crippen LogP contribution is -2.25. The second-order valence-corrected chi connectivity index (χ2v) is 4.61. The molecule has 0 aliphatic rings. The van der Waals surface area contributed by atoms with Crippen LogP contribution in [-0.4, -0.2) is 33.7 Å². The normalized spacial score (nSPS) is 10.8. The minimum atomic E-state index is -0.00651. The van der Waals surface area contributed by atoms with Crippen molar-refractivity contribution >= 4 is 16.9 Å². The molecule has 102 valence electrons. The molecule has 1 heterocycles. The maximum absolute atomic E-state index is 11.4. The van der Waals surface area contributed by atoms with Crippen LogP contribution in [0.2, 0.25) is 0 Å². The number of aliphatic hydroxyl groups is 1. The predicted molar refractivity (Wildman–Crippen MR) is 73.7 cm³/mol. The second-order valence-electron chi connectivity index (χ2n) is 4.61. The summed E-state index contributed by atoms with van der Waals surface area (Å²) in [5.74, 6) is -0.00651. The third-order valence-corrected chi connectivity index (χ3v) is 3.09. The maximum Gasteiger partial charge on any atom is 0.220 e. The standard InChI is InChI=1S/C14H19N3O2/c1-17-10-16-12-9-11(4-5-13(12)17)6-7-15-14(19)3-2-8-18/h4-5,9-10,18H,2-3,6-8H2,1H3,(H,15,19). The number of hydrogen-bond donors (Lipinski definition) is 2. The molecule has 0 unspecified atom stereocenters. The molecule has 5 nitrogen and oxygen atoms in total. The van der Waals surface area contributed by atoms with Crippen molar-refractivity contribution in [3.05, 3.63) is 30.1 Å². The van der Waals surface area contributed by atoms with Crippen LogP contribution in [0.5, 0.6) is 0 Å². The fraction of sp³-hybridized carbons (Fsp3) is 0.429. The minimum absolute atomic E-state index is 0.00651. The van der Waals surface area contributed by atoms with Crippen molar-refractivity contribution in [2.75, 3.05) is 13.2 Å². The van der Waals surface area contributed by atoms with Crippen LogP contribution in [0.1, 0.15) is 18.4 Å². The summed E-state index contributed by atoms with van der Waals surface area (Å²) in [6.07, 6.45) is 3.49. The Hall–Kier alpha value is -1.88. The van der Waals surface area contributed by atoms with Gasteiger partial charge in [-0.1, -0.05) is 6.07 Å². The largest absolute Gasteiger partial charge is 0.396 e. The van der Waals surface area contributed by atoms with Crippen molar-refractivity contribution in [3.8, 4) is 0 Å². The first-order valence-corrected chi connectivity index (χ1v) is 6.48. The van der Waals surface area contributed by atoms with Gasteiger partial charge in [0.25, 0.3) is 0 Å². The van der Waals surface area contributed by atoms with Gasteiger partial charge in [-0.25, -0.2) is 4.98 Å². The van der Waals surface area contributed by atoms with Gasteiger partial charge in [0.05, 0.1) is 17.4 Å². The van der Waals surface area contributed by atoms with Crippen LogP contribution in [0.3, 0.4) is 0 Å². The molecule has 1 amide bonds. The van der Waals surface area contributed by atoms with Crippen molar-refractivity contribution in [1.29, 1.82) is 0 Å². The molecule has 0 aliphatic heterocycles. The number of carbonyl (C=O) groups excluding carboxylic acids is 1. The van der Waals surface area contributed by atoms with E-state index in [1.165, 1.54) is 0 Å². The number of aromatic nitrogens is 2. The van der Waals surface area contributed by atoms with Gasteiger partial charge in [-0.05, 0) is 30.5 Å². The number of nitrogens with one attached hydrogen (secondary N) is 1. The van der Waals surface area contributed by atoms with E-state index < -0.39 is 0 Å². The maximum atomic E-state index is 11.4. The van der Waals surface area contributed by atoms with Crippen LogP contribution in [0, 0.1) is 0 Å². The summed E-state index contributed by atoms with van der Waals surface area (Å²) in [4.78, 5) is 15.7. The highest BCUT2D eigenvalue weighted by atomic mass is 16.3. The van der Waals surface area contributed by atoms with E-state index in [1.54, 1.807) is 6.33 Å².